The fraction of sp³-hybridized carbons (Fsp3) is 0.429. The van der Waals surface area contributed by atoms with Gasteiger partial charge in [-0.05, 0) is 24.6 Å². The van der Waals surface area contributed by atoms with E-state index in [4.69, 9.17) is 4.74 Å². The summed E-state index contributed by atoms with van der Waals surface area (Å²) in [6.07, 6.45) is 0.778. The maximum absolute atomic E-state index is 11.8. The van der Waals surface area contributed by atoms with Crippen molar-refractivity contribution in [2.24, 2.45) is 5.92 Å². The number of ether oxygens (including phenoxy) is 1. The van der Waals surface area contributed by atoms with Crippen molar-refractivity contribution in [3.8, 4) is 5.75 Å². The Hall–Kier alpha value is -2.04. The SMILES string of the molecule is CCC(C)C(=O)Nc1ccc(OC)c(NC(C)=O)c1. The van der Waals surface area contributed by atoms with Crippen molar-refractivity contribution in [3.63, 3.8) is 0 Å². The number of hydrogen-bond acceptors (Lipinski definition) is 3. The summed E-state index contributed by atoms with van der Waals surface area (Å²) < 4.78 is 5.15. The summed E-state index contributed by atoms with van der Waals surface area (Å²) in [4.78, 5) is 22.9. The third-order valence-corrected chi connectivity index (χ3v) is 2.84. The van der Waals surface area contributed by atoms with Gasteiger partial charge in [0.1, 0.15) is 5.75 Å². The van der Waals surface area contributed by atoms with Crippen molar-refractivity contribution in [2.45, 2.75) is 27.2 Å². The van der Waals surface area contributed by atoms with Gasteiger partial charge >= 0.3 is 0 Å². The van der Waals surface area contributed by atoms with E-state index >= 15 is 0 Å². The van der Waals surface area contributed by atoms with Crippen LogP contribution in [0, 0.1) is 5.92 Å². The fourth-order valence-corrected chi connectivity index (χ4v) is 1.52. The quantitative estimate of drug-likeness (QED) is 0.859. The van der Waals surface area contributed by atoms with E-state index < -0.39 is 0 Å². The smallest absolute Gasteiger partial charge is 0.227 e. The van der Waals surface area contributed by atoms with Crippen molar-refractivity contribution in [1.29, 1.82) is 0 Å². The predicted molar refractivity (Wildman–Crippen MR) is 75.4 cm³/mol. The third kappa shape index (κ3) is 4.28. The molecule has 0 radical (unpaired) electrons. The Bertz CT molecular complexity index is 472. The highest BCUT2D eigenvalue weighted by atomic mass is 16.5. The van der Waals surface area contributed by atoms with Crippen molar-refractivity contribution >= 4 is 23.2 Å². The van der Waals surface area contributed by atoms with Crippen molar-refractivity contribution in [3.05, 3.63) is 18.2 Å². The highest BCUT2D eigenvalue weighted by Gasteiger charge is 2.12. The molecule has 0 saturated heterocycles. The standard InChI is InChI=1S/C14H20N2O3/c1-5-9(2)14(18)16-11-6-7-13(19-4)12(8-11)15-10(3)17/h6-9H,5H2,1-4H3,(H,15,17)(H,16,18). The van der Waals surface area contributed by atoms with Crippen LogP contribution in [-0.2, 0) is 9.59 Å². The van der Waals surface area contributed by atoms with E-state index in [1.54, 1.807) is 18.2 Å². The maximum Gasteiger partial charge on any atom is 0.227 e. The molecule has 0 bridgehead atoms. The average Bonchev–Trinajstić information content (AvgIpc) is 2.37. The van der Waals surface area contributed by atoms with E-state index in [0.29, 0.717) is 17.1 Å². The van der Waals surface area contributed by atoms with Gasteiger partial charge in [-0.15, -0.1) is 0 Å². The van der Waals surface area contributed by atoms with Gasteiger partial charge in [0.2, 0.25) is 11.8 Å². The lowest BCUT2D eigenvalue weighted by Gasteiger charge is -2.13. The van der Waals surface area contributed by atoms with Crippen LogP contribution in [0.3, 0.4) is 0 Å². The third-order valence-electron chi connectivity index (χ3n) is 2.84. The van der Waals surface area contributed by atoms with Gasteiger partial charge in [-0.3, -0.25) is 9.59 Å². The van der Waals surface area contributed by atoms with Crippen LogP contribution in [0.4, 0.5) is 11.4 Å². The van der Waals surface area contributed by atoms with E-state index in [9.17, 15) is 9.59 Å². The lowest BCUT2D eigenvalue weighted by molar-refractivity contribution is -0.119. The minimum Gasteiger partial charge on any atom is -0.495 e. The van der Waals surface area contributed by atoms with Crippen LogP contribution >= 0.6 is 0 Å². The second-order valence-electron chi connectivity index (χ2n) is 4.39. The number of rotatable bonds is 5. The molecular formula is C14H20N2O3. The summed E-state index contributed by atoms with van der Waals surface area (Å²) >= 11 is 0. The van der Waals surface area contributed by atoms with Crippen LogP contribution in [0.1, 0.15) is 27.2 Å². The molecule has 0 fully saturated rings. The van der Waals surface area contributed by atoms with Gasteiger partial charge in [0.15, 0.2) is 0 Å². The molecule has 0 aromatic heterocycles. The molecular weight excluding hydrogens is 244 g/mol. The molecule has 0 heterocycles. The number of nitrogens with one attached hydrogen (secondary N) is 2. The Morgan fingerprint density at radius 1 is 1.32 bits per heavy atom. The molecule has 1 rings (SSSR count). The molecule has 1 atom stereocenters. The summed E-state index contributed by atoms with van der Waals surface area (Å²) in [7, 11) is 1.53. The monoisotopic (exact) mass is 264 g/mol. The topological polar surface area (TPSA) is 67.4 Å². The summed E-state index contributed by atoms with van der Waals surface area (Å²) in [5.74, 6) is 0.271. The zero-order chi connectivity index (χ0) is 14.4. The van der Waals surface area contributed by atoms with Gasteiger partial charge in [0, 0.05) is 18.5 Å². The average molecular weight is 264 g/mol. The second kappa shape index (κ2) is 6.78. The van der Waals surface area contributed by atoms with E-state index in [0.717, 1.165) is 6.42 Å². The van der Waals surface area contributed by atoms with Crippen LogP contribution in [-0.4, -0.2) is 18.9 Å². The lowest BCUT2D eigenvalue weighted by Crippen LogP contribution is -2.19. The van der Waals surface area contributed by atoms with E-state index in [-0.39, 0.29) is 17.7 Å². The van der Waals surface area contributed by atoms with Crippen molar-refractivity contribution in [2.75, 3.05) is 17.7 Å². The number of carbonyl (C=O) groups excluding carboxylic acids is 2. The molecule has 1 aromatic rings. The van der Waals surface area contributed by atoms with Crippen LogP contribution in [0.5, 0.6) is 5.75 Å². The predicted octanol–water partition coefficient (Wildman–Crippen LogP) is 2.64. The zero-order valence-corrected chi connectivity index (χ0v) is 11.7. The number of methoxy groups -OCH3 is 1. The largest absolute Gasteiger partial charge is 0.495 e. The first kappa shape index (κ1) is 15.0. The Balaban J connectivity index is 2.91. The first-order chi connectivity index (χ1) is 8.97. The Labute approximate surface area is 113 Å². The molecule has 0 aliphatic rings. The van der Waals surface area contributed by atoms with Gasteiger partial charge < -0.3 is 15.4 Å². The molecule has 5 heteroatoms. The second-order valence-corrected chi connectivity index (χ2v) is 4.39. The highest BCUT2D eigenvalue weighted by molar-refractivity contribution is 5.95. The first-order valence-electron chi connectivity index (χ1n) is 6.24. The van der Waals surface area contributed by atoms with Crippen molar-refractivity contribution in [1.82, 2.24) is 0 Å². The molecule has 0 aliphatic carbocycles. The van der Waals surface area contributed by atoms with Gasteiger partial charge in [0.25, 0.3) is 0 Å². The summed E-state index contributed by atoms with van der Waals surface area (Å²) in [6, 6.07) is 5.13. The molecule has 19 heavy (non-hydrogen) atoms. The minimum atomic E-state index is -0.191. The van der Waals surface area contributed by atoms with Gasteiger partial charge in [0.05, 0.1) is 12.8 Å². The minimum absolute atomic E-state index is 0.0403. The van der Waals surface area contributed by atoms with Gasteiger partial charge in [-0.25, -0.2) is 0 Å². The maximum atomic E-state index is 11.8. The highest BCUT2D eigenvalue weighted by Crippen LogP contribution is 2.28. The zero-order valence-electron chi connectivity index (χ0n) is 11.7. The number of carbonyl (C=O) groups is 2. The molecule has 1 aromatic carbocycles. The molecule has 0 aliphatic heterocycles. The van der Waals surface area contributed by atoms with Crippen LogP contribution in [0.25, 0.3) is 0 Å². The number of amides is 2. The van der Waals surface area contributed by atoms with Crippen molar-refractivity contribution < 1.29 is 14.3 Å². The van der Waals surface area contributed by atoms with E-state index in [1.807, 2.05) is 13.8 Å². The summed E-state index contributed by atoms with van der Waals surface area (Å²) in [5, 5.41) is 5.48. The molecule has 2 N–H and O–H groups in total. The summed E-state index contributed by atoms with van der Waals surface area (Å²) in [5.41, 5.74) is 1.17. The number of anilines is 2. The van der Waals surface area contributed by atoms with E-state index in [1.165, 1.54) is 14.0 Å². The molecule has 0 saturated carbocycles. The Morgan fingerprint density at radius 3 is 2.53 bits per heavy atom. The van der Waals surface area contributed by atoms with Crippen LogP contribution < -0.4 is 15.4 Å². The summed E-state index contributed by atoms with van der Waals surface area (Å²) in [6.45, 7) is 5.25. The van der Waals surface area contributed by atoms with Gasteiger partial charge in [-0.2, -0.15) is 0 Å². The normalized spacial score (nSPS) is 11.6. The molecule has 0 spiro atoms. The lowest BCUT2D eigenvalue weighted by atomic mass is 10.1. The molecule has 2 amide bonds. The van der Waals surface area contributed by atoms with E-state index in [2.05, 4.69) is 10.6 Å². The number of benzene rings is 1. The Kier molecular flexibility index (Phi) is 5.36. The van der Waals surface area contributed by atoms with Crippen LogP contribution in [0.15, 0.2) is 18.2 Å². The molecule has 104 valence electrons. The number of hydrogen-bond donors (Lipinski definition) is 2. The molecule has 5 nitrogen and oxygen atoms in total. The Morgan fingerprint density at radius 2 is 2.00 bits per heavy atom. The molecule has 1 unspecified atom stereocenters. The van der Waals surface area contributed by atoms with Crippen LogP contribution in [0.2, 0.25) is 0 Å². The van der Waals surface area contributed by atoms with Gasteiger partial charge in [-0.1, -0.05) is 13.8 Å². The first-order valence-corrected chi connectivity index (χ1v) is 6.24. The fourth-order valence-electron chi connectivity index (χ4n) is 1.52.